The third-order valence-corrected chi connectivity index (χ3v) is 4.43. The normalized spacial score (nSPS) is 11.8. The number of hydrogen-bond donors (Lipinski definition) is 2. The quantitative estimate of drug-likeness (QED) is 0.601. The van der Waals surface area contributed by atoms with E-state index in [1.54, 1.807) is 43.0 Å². The first-order valence-electron chi connectivity index (χ1n) is 9.27. The van der Waals surface area contributed by atoms with E-state index in [-0.39, 0.29) is 5.91 Å². The van der Waals surface area contributed by atoms with Gasteiger partial charge in [0, 0.05) is 43.4 Å². The highest BCUT2D eigenvalue weighted by molar-refractivity contribution is 5.83. The Morgan fingerprint density at radius 2 is 1.68 bits per heavy atom. The van der Waals surface area contributed by atoms with Gasteiger partial charge in [0.15, 0.2) is 0 Å². The summed E-state index contributed by atoms with van der Waals surface area (Å²) in [5, 5.41) is 6.09. The molecule has 0 radical (unpaired) electrons. The van der Waals surface area contributed by atoms with E-state index in [2.05, 4.69) is 20.6 Å². The Balaban J connectivity index is 1.61. The number of carbonyl (C=O) groups excluding carboxylic acids is 1. The van der Waals surface area contributed by atoms with Gasteiger partial charge in [-0.15, -0.1) is 0 Å². The lowest BCUT2D eigenvalue weighted by Gasteiger charge is -2.19. The molecule has 3 rings (SSSR count). The first kappa shape index (κ1) is 19.6. The van der Waals surface area contributed by atoms with Gasteiger partial charge in [-0.05, 0) is 48.2 Å². The smallest absolute Gasteiger partial charge is 0.241 e. The van der Waals surface area contributed by atoms with Crippen molar-refractivity contribution in [3.8, 4) is 0 Å². The maximum absolute atomic E-state index is 14.3. The van der Waals surface area contributed by atoms with Crippen LogP contribution in [0.3, 0.4) is 0 Å². The first-order valence-corrected chi connectivity index (χ1v) is 9.27. The van der Waals surface area contributed by atoms with E-state index in [0.29, 0.717) is 25.1 Å². The number of nitrogens with zero attached hydrogens (tertiary/aromatic N) is 2. The summed E-state index contributed by atoms with van der Waals surface area (Å²) in [4.78, 5) is 20.8. The summed E-state index contributed by atoms with van der Waals surface area (Å²) in [5.74, 6) is -0.643. The maximum Gasteiger partial charge on any atom is 0.241 e. The molecule has 1 atom stereocenters. The third-order valence-electron chi connectivity index (χ3n) is 4.43. The van der Waals surface area contributed by atoms with Crippen molar-refractivity contribution in [2.75, 3.05) is 13.1 Å². The van der Waals surface area contributed by atoms with Gasteiger partial charge < -0.3 is 10.6 Å². The summed E-state index contributed by atoms with van der Waals surface area (Å²) in [5.41, 5.74) is 2.48. The van der Waals surface area contributed by atoms with E-state index >= 15 is 0 Å². The highest BCUT2D eigenvalue weighted by Crippen LogP contribution is 2.17. The summed E-state index contributed by atoms with van der Waals surface area (Å²) in [6.07, 6.45) is 8.33. The number of rotatable bonds is 9. The minimum atomic E-state index is -0.753. The number of amides is 1. The number of carbonyl (C=O) groups is 1. The van der Waals surface area contributed by atoms with Gasteiger partial charge in [0.25, 0.3) is 0 Å². The molecule has 28 heavy (non-hydrogen) atoms. The van der Waals surface area contributed by atoms with Crippen LogP contribution in [0.2, 0.25) is 0 Å². The van der Waals surface area contributed by atoms with Crippen molar-refractivity contribution in [3.05, 3.63) is 95.8 Å². The second-order valence-electron chi connectivity index (χ2n) is 6.42. The van der Waals surface area contributed by atoms with Crippen LogP contribution in [0.5, 0.6) is 0 Å². The molecule has 1 aromatic carbocycles. The monoisotopic (exact) mass is 378 g/mol. The Morgan fingerprint density at radius 1 is 0.893 bits per heavy atom. The lowest BCUT2D eigenvalue weighted by Crippen LogP contribution is -2.39. The van der Waals surface area contributed by atoms with Gasteiger partial charge in [-0.1, -0.05) is 24.3 Å². The fraction of sp³-hybridized carbons (Fsp3) is 0.227. The van der Waals surface area contributed by atoms with Gasteiger partial charge in [-0.3, -0.25) is 14.8 Å². The molecule has 1 unspecified atom stereocenters. The fourth-order valence-electron chi connectivity index (χ4n) is 2.94. The van der Waals surface area contributed by atoms with E-state index in [1.807, 2.05) is 24.3 Å². The minimum absolute atomic E-state index is 0.247. The first-order chi connectivity index (χ1) is 13.7. The molecule has 144 valence electrons. The largest absolute Gasteiger partial charge is 0.354 e. The molecule has 3 aromatic rings. The molecule has 5 nitrogen and oxygen atoms in total. The summed E-state index contributed by atoms with van der Waals surface area (Å²) >= 11 is 0. The van der Waals surface area contributed by atoms with Gasteiger partial charge in [0.05, 0.1) is 0 Å². The average Bonchev–Trinajstić information content (AvgIpc) is 2.73. The van der Waals surface area contributed by atoms with E-state index in [4.69, 9.17) is 0 Å². The summed E-state index contributed by atoms with van der Waals surface area (Å²) in [6.45, 7) is 1.00. The molecule has 0 aliphatic rings. The zero-order valence-corrected chi connectivity index (χ0v) is 15.5. The molecular formula is C22H23FN4O. The van der Waals surface area contributed by atoms with E-state index < -0.39 is 11.9 Å². The van der Waals surface area contributed by atoms with Crippen LogP contribution in [0.1, 0.15) is 22.7 Å². The Morgan fingerprint density at radius 3 is 2.43 bits per heavy atom. The number of aromatic nitrogens is 2. The molecule has 0 saturated heterocycles. The molecular weight excluding hydrogens is 355 g/mol. The summed E-state index contributed by atoms with van der Waals surface area (Å²) in [7, 11) is 0. The molecule has 2 heterocycles. The van der Waals surface area contributed by atoms with Crippen LogP contribution in [-0.4, -0.2) is 29.0 Å². The Bertz CT molecular complexity index is 874. The molecule has 0 aliphatic carbocycles. The average molecular weight is 378 g/mol. The van der Waals surface area contributed by atoms with Crippen molar-refractivity contribution in [3.63, 3.8) is 0 Å². The lowest BCUT2D eigenvalue weighted by molar-refractivity contribution is -0.123. The molecule has 1 amide bonds. The van der Waals surface area contributed by atoms with Crippen molar-refractivity contribution in [2.24, 2.45) is 0 Å². The summed E-state index contributed by atoms with van der Waals surface area (Å²) < 4.78 is 14.3. The maximum atomic E-state index is 14.3. The predicted molar refractivity (Wildman–Crippen MR) is 106 cm³/mol. The van der Waals surface area contributed by atoms with Crippen LogP contribution in [0, 0.1) is 5.82 Å². The highest BCUT2D eigenvalue weighted by atomic mass is 19.1. The van der Waals surface area contributed by atoms with Crippen LogP contribution in [0.25, 0.3) is 0 Å². The van der Waals surface area contributed by atoms with Gasteiger partial charge in [-0.25, -0.2) is 4.39 Å². The van der Waals surface area contributed by atoms with Gasteiger partial charge in [0.2, 0.25) is 5.91 Å². The van der Waals surface area contributed by atoms with Crippen LogP contribution in [0.15, 0.2) is 73.3 Å². The number of hydrogen-bond acceptors (Lipinski definition) is 4. The van der Waals surface area contributed by atoms with E-state index in [9.17, 15) is 9.18 Å². The van der Waals surface area contributed by atoms with Crippen LogP contribution >= 0.6 is 0 Å². The zero-order valence-electron chi connectivity index (χ0n) is 15.5. The second-order valence-corrected chi connectivity index (χ2v) is 6.42. The van der Waals surface area contributed by atoms with Crippen molar-refractivity contribution in [2.45, 2.75) is 18.9 Å². The van der Waals surface area contributed by atoms with E-state index in [0.717, 1.165) is 17.5 Å². The van der Waals surface area contributed by atoms with Crippen molar-refractivity contribution < 1.29 is 9.18 Å². The summed E-state index contributed by atoms with van der Waals surface area (Å²) in [6, 6.07) is 13.3. The Labute approximate surface area is 164 Å². The zero-order chi connectivity index (χ0) is 19.6. The second kappa shape index (κ2) is 10.3. The molecule has 0 spiro atoms. The highest BCUT2D eigenvalue weighted by Gasteiger charge is 2.22. The molecule has 0 saturated carbocycles. The Kier molecular flexibility index (Phi) is 7.21. The minimum Gasteiger partial charge on any atom is -0.354 e. The molecule has 2 N–H and O–H groups in total. The predicted octanol–water partition coefficient (Wildman–Crippen LogP) is 2.85. The molecule has 0 aliphatic heterocycles. The van der Waals surface area contributed by atoms with Crippen molar-refractivity contribution in [1.29, 1.82) is 0 Å². The molecule has 6 heteroatoms. The topological polar surface area (TPSA) is 66.9 Å². The number of benzene rings is 1. The molecule has 0 bridgehead atoms. The van der Waals surface area contributed by atoms with Crippen LogP contribution in [0.4, 0.5) is 4.39 Å². The van der Waals surface area contributed by atoms with Gasteiger partial charge in [-0.2, -0.15) is 0 Å². The van der Waals surface area contributed by atoms with Crippen LogP contribution < -0.4 is 10.6 Å². The van der Waals surface area contributed by atoms with Crippen molar-refractivity contribution in [1.82, 2.24) is 20.6 Å². The Hall–Kier alpha value is -3.12. The van der Waals surface area contributed by atoms with E-state index in [1.165, 1.54) is 6.07 Å². The standard InChI is InChI=1S/C22H23FN4O/c23-20-6-2-1-5-19(20)21(26-14-9-17-7-12-24-13-8-17)22(28)27-15-10-18-4-3-11-25-16-18/h1-8,11-13,16,21,26H,9-10,14-15H2,(H,27,28). The molecule has 0 fully saturated rings. The molecule has 2 aromatic heterocycles. The number of nitrogens with one attached hydrogen (secondary N) is 2. The third kappa shape index (κ3) is 5.69. The van der Waals surface area contributed by atoms with Gasteiger partial charge >= 0.3 is 0 Å². The van der Waals surface area contributed by atoms with Gasteiger partial charge in [0.1, 0.15) is 11.9 Å². The van der Waals surface area contributed by atoms with Crippen LogP contribution in [-0.2, 0) is 17.6 Å². The lowest BCUT2D eigenvalue weighted by atomic mass is 10.0. The van der Waals surface area contributed by atoms with Crippen molar-refractivity contribution >= 4 is 5.91 Å². The fourth-order valence-corrected chi connectivity index (χ4v) is 2.94. The number of pyridine rings is 2. The number of halogens is 1. The SMILES string of the molecule is O=C(NCCc1cccnc1)C(NCCc1ccncc1)c1ccccc1F.